The van der Waals surface area contributed by atoms with Gasteiger partial charge in [-0.25, -0.2) is 0 Å². The Labute approximate surface area is 221 Å². The fourth-order valence-corrected chi connectivity index (χ4v) is 5.32. The Bertz CT molecular complexity index is 1430. The molecule has 0 radical (unpaired) electrons. The van der Waals surface area contributed by atoms with Gasteiger partial charge in [-0.1, -0.05) is 29.8 Å². The lowest BCUT2D eigenvalue weighted by Crippen LogP contribution is -2.36. The van der Waals surface area contributed by atoms with Gasteiger partial charge in [-0.15, -0.1) is 0 Å². The number of aromatic hydroxyl groups is 1. The predicted octanol–water partition coefficient (Wildman–Crippen LogP) is 4.36. The van der Waals surface area contributed by atoms with Crippen LogP contribution in [0.4, 0.5) is 5.69 Å². The molecule has 2 aliphatic heterocycles. The van der Waals surface area contributed by atoms with Crippen molar-refractivity contribution in [1.82, 2.24) is 10.2 Å². The Hall–Kier alpha value is -4.07. The van der Waals surface area contributed by atoms with Gasteiger partial charge in [0.15, 0.2) is 11.2 Å². The predicted molar refractivity (Wildman–Crippen MR) is 146 cm³/mol. The van der Waals surface area contributed by atoms with E-state index in [4.69, 9.17) is 4.42 Å². The van der Waals surface area contributed by atoms with Gasteiger partial charge in [0, 0.05) is 56.5 Å². The summed E-state index contributed by atoms with van der Waals surface area (Å²) < 4.78 is 5.59. The molecule has 2 fully saturated rings. The quantitative estimate of drug-likeness (QED) is 0.473. The molecule has 0 spiro atoms. The summed E-state index contributed by atoms with van der Waals surface area (Å²) in [6, 6.07) is 13.5. The summed E-state index contributed by atoms with van der Waals surface area (Å²) in [5.74, 6) is -0.357. The van der Waals surface area contributed by atoms with Gasteiger partial charge in [0.05, 0.1) is 5.39 Å². The van der Waals surface area contributed by atoms with Gasteiger partial charge in [-0.05, 0) is 56.4 Å². The minimum absolute atomic E-state index is 0.0368. The van der Waals surface area contributed by atoms with Gasteiger partial charge >= 0.3 is 0 Å². The van der Waals surface area contributed by atoms with Crippen LogP contribution in [0.2, 0.25) is 0 Å². The highest BCUT2D eigenvalue weighted by atomic mass is 16.3. The third-order valence-electron chi connectivity index (χ3n) is 7.30. The Kier molecular flexibility index (Phi) is 7.49. The highest BCUT2D eigenvalue weighted by Gasteiger charge is 2.22. The van der Waals surface area contributed by atoms with Crippen molar-refractivity contribution in [2.24, 2.45) is 0 Å². The first-order valence-electron chi connectivity index (χ1n) is 13.3. The van der Waals surface area contributed by atoms with Crippen molar-refractivity contribution in [3.8, 4) is 5.75 Å². The Morgan fingerprint density at radius 3 is 2.63 bits per heavy atom. The molecule has 2 aromatic carbocycles. The van der Waals surface area contributed by atoms with Crippen molar-refractivity contribution in [2.45, 2.75) is 51.6 Å². The maximum atomic E-state index is 12.8. The molecule has 198 valence electrons. The first-order chi connectivity index (χ1) is 18.4. The van der Waals surface area contributed by atoms with Gasteiger partial charge in [-0.2, -0.15) is 0 Å². The lowest BCUT2D eigenvalue weighted by atomic mass is 9.99. The van der Waals surface area contributed by atoms with Gasteiger partial charge in [-0.3, -0.25) is 14.4 Å². The van der Waals surface area contributed by atoms with Crippen LogP contribution >= 0.6 is 0 Å². The number of phenols is 1. The molecular weight excluding hydrogens is 482 g/mol. The van der Waals surface area contributed by atoms with E-state index in [9.17, 15) is 19.5 Å². The Balaban J connectivity index is 1.20. The van der Waals surface area contributed by atoms with Crippen LogP contribution in [0.3, 0.4) is 0 Å². The van der Waals surface area contributed by atoms with Crippen LogP contribution in [0.1, 0.15) is 55.1 Å². The SMILES string of the molecule is CC(C=C1CCN(c2ccccc2CN2CCCCC2=O)CC1)NC(=O)c1cc(=O)c2ccc(O)cc2o1. The van der Waals surface area contributed by atoms with E-state index in [2.05, 4.69) is 28.4 Å². The number of fused-ring (bicyclic) bond motifs is 1. The minimum atomic E-state index is -0.477. The molecule has 3 heterocycles. The second-order valence-corrected chi connectivity index (χ2v) is 10.1. The van der Waals surface area contributed by atoms with Crippen LogP contribution in [0.5, 0.6) is 5.75 Å². The number of amides is 2. The van der Waals surface area contributed by atoms with E-state index in [-0.39, 0.29) is 34.5 Å². The third-order valence-corrected chi connectivity index (χ3v) is 7.30. The molecule has 2 saturated heterocycles. The highest BCUT2D eigenvalue weighted by Crippen LogP contribution is 2.28. The number of likely N-dealkylation sites (tertiary alicyclic amines) is 1. The zero-order valence-corrected chi connectivity index (χ0v) is 21.6. The summed E-state index contributed by atoms with van der Waals surface area (Å²) in [7, 11) is 0. The molecule has 0 bridgehead atoms. The van der Waals surface area contributed by atoms with Gasteiger partial charge in [0.1, 0.15) is 11.3 Å². The summed E-state index contributed by atoms with van der Waals surface area (Å²) in [4.78, 5) is 41.8. The van der Waals surface area contributed by atoms with Gasteiger partial charge < -0.3 is 24.6 Å². The van der Waals surface area contributed by atoms with E-state index in [1.165, 1.54) is 41.1 Å². The molecule has 0 saturated carbocycles. The van der Waals surface area contributed by atoms with Gasteiger partial charge in [0.2, 0.25) is 5.91 Å². The number of anilines is 1. The van der Waals surface area contributed by atoms with Crippen molar-refractivity contribution in [2.75, 3.05) is 24.5 Å². The van der Waals surface area contributed by atoms with Crippen LogP contribution < -0.4 is 15.6 Å². The molecular formula is C30H33N3O5. The van der Waals surface area contributed by atoms with E-state index in [0.717, 1.165) is 45.3 Å². The summed E-state index contributed by atoms with van der Waals surface area (Å²) in [5, 5.41) is 12.9. The number of hydrogen-bond acceptors (Lipinski definition) is 6. The molecule has 2 N–H and O–H groups in total. The zero-order valence-electron chi connectivity index (χ0n) is 21.6. The molecule has 2 aliphatic rings. The average Bonchev–Trinajstić information content (AvgIpc) is 2.90. The van der Waals surface area contributed by atoms with E-state index in [1.54, 1.807) is 0 Å². The number of rotatable bonds is 6. The number of nitrogens with zero attached hydrogens (tertiary/aromatic N) is 2. The summed E-state index contributed by atoms with van der Waals surface area (Å²) in [5.41, 5.74) is 3.47. The second kappa shape index (κ2) is 11.1. The van der Waals surface area contributed by atoms with Crippen LogP contribution in [0.25, 0.3) is 11.0 Å². The number of piperidine rings is 2. The molecule has 3 aromatic rings. The fourth-order valence-electron chi connectivity index (χ4n) is 5.32. The summed E-state index contributed by atoms with van der Waals surface area (Å²) in [6.07, 6.45) is 6.52. The van der Waals surface area contributed by atoms with E-state index in [0.29, 0.717) is 18.4 Å². The number of nitrogens with one attached hydrogen (secondary N) is 1. The number of hydrogen-bond donors (Lipinski definition) is 2. The lowest BCUT2D eigenvalue weighted by Gasteiger charge is -2.34. The first-order valence-corrected chi connectivity index (χ1v) is 13.3. The summed E-state index contributed by atoms with van der Waals surface area (Å²) in [6.45, 7) is 5.10. The maximum Gasteiger partial charge on any atom is 0.287 e. The molecule has 1 aromatic heterocycles. The monoisotopic (exact) mass is 515 g/mol. The Morgan fingerprint density at radius 1 is 1.05 bits per heavy atom. The second-order valence-electron chi connectivity index (χ2n) is 10.1. The zero-order chi connectivity index (χ0) is 26.6. The minimum Gasteiger partial charge on any atom is -0.508 e. The smallest absolute Gasteiger partial charge is 0.287 e. The molecule has 38 heavy (non-hydrogen) atoms. The Morgan fingerprint density at radius 2 is 1.84 bits per heavy atom. The first kappa shape index (κ1) is 25.6. The molecule has 5 rings (SSSR count). The highest BCUT2D eigenvalue weighted by molar-refractivity contribution is 5.93. The average molecular weight is 516 g/mol. The van der Waals surface area contributed by atoms with Crippen molar-refractivity contribution in [1.29, 1.82) is 0 Å². The van der Waals surface area contributed by atoms with Crippen molar-refractivity contribution < 1.29 is 19.1 Å². The number of benzene rings is 2. The van der Waals surface area contributed by atoms with Crippen molar-refractivity contribution in [3.63, 3.8) is 0 Å². The third kappa shape index (κ3) is 5.74. The number of carbonyl (C=O) groups excluding carboxylic acids is 2. The van der Waals surface area contributed by atoms with E-state index < -0.39 is 5.91 Å². The van der Waals surface area contributed by atoms with Crippen LogP contribution in [-0.2, 0) is 11.3 Å². The molecule has 8 nitrogen and oxygen atoms in total. The van der Waals surface area contributed by atoms with Crippen LogP contribution in [0.15, 0.2) is 69.4 Å². The van der Waals surface area contributed by atoms with Crippen molar-refractivity contribution in [3.05, 3.63) is 81.7 Å². The molecule has 0 aliphatic carbocycles. The van der Waals surface area contributed by atoms with Crippen LogP contribution in [-0.4, -0.2) is 47.5 Å². The van der Waals surface area contributed by atoms with Gasteiger partial charge in [0.25, 0.3) is 5.91 Å². The normalized spacial score (nSPS) is 17.0. The molecule has 1 unspecified atom stereocenters. The maximum absolute atomic E-state index is 12.8. The largest absolute Gasteiger partial charge is 0.508 e. The summed E-state index contributed by atoms with van der Waals surface area (Å²) >= 11 is 0. The molecule has 8 heteroatoms. The van der Waals surface area contributed by atoms with E-state index in [1.807, 2.05) is 24.0 Å². The molecule has 2 amide bonds. The molecule has 1 atom stereocenters. The van der Waals surface area contributed by atoms with E-state index >= 15 is 0 Å². The van der Waals surface area contributed by atoms with Crippen LogP contribution in [0, 0.1) is 0 Å². The standard InChI is InChI=1S/C30H33N3O5/c1-20(31-30(37)28-18-26(35)24-10-9-23(34)17-27(24)38-28)16-21-11-14-32(15-12-21)25-7-3-2-6-22(25)19-33-13-5-4-8-29(33)36/h2-3,6-7,9-10,16-18,20,34H,4-5,8,11-15,19H2,1H3,(H,31,37). The number of phenolic OH excluding ortho intramolecular Hbond substituents is 1. The number of para-hydroxylation sites is 1. The topological polar surface area (TPSA) is 103 Å². The fraction of sp³-hybridized carbons (Fsp3) is 0.367. The van der Waals surface area contributed by atoms with Crippen molar-refractivity contribution >= 4 is 28.5 Å². The lowest BCUT2D eigenvalue weighted by molar-refractivity contribution is -0.133. The number of carbonyl (C=O) groups is 2.